The molecule has 0 saturated heterocycles. The van der Waals surface area contributed by atoms with Crippen molar-refractivity contribution >= 4 is 44.6 Å². The number of para-hydroxylation sites is 2. The molecule has 3 heterocycles. The number of aromatic nitrogens is 2. The fraction of sp³-hybridized carbons (Fsp3) is 0.0732. The van der Waals surface area contributed by atoms with E-state index in [9.17, 15) is 0 Å². The summed E-state index contributed by atoms with van der Waals surface area (Å²) in [6.45, 7) is 4.74. The highest BCUT2D eigenvalue weighted by atomic mass is 32.2. The van der Waals surface area contributed by atoms with Crippen molar-refractivity contribution in [2.24, 2.45) is 0 Å². The highest BCUT2D eigenvalue weighted by Gasteiger charge is 2.36. The fourth-order valence-corrected chi connectivity index (χ4v) is 9.06. The summed E-state index contributed by atoms with van der Waals surface area (Å²) in [6, 6.07) is 49.4. The van der Waals surface area contributed by atoms with E-state index in [0.29, 0.717) is 0 Å². The zero-order valence-corrected chi connectivity index (χ0v) is 25.3. The normalized spacial score (nSPS) is 14.2. The largest absolute Gasteiger partial charge is 0.295 e. The third-order valence-electron chi connectivity index (χ3n) is 9.91. The first-order chi connectivity index (χ1) is 21.6. The molecule has 0 spiro atoms. The Labute approximate surface area is 260 Å². The van der Waals surface area contributed by atoms with Gasteiger partial charge >= 0.3 is 0 Å². The summed E-state index contributed by atoms with van der Waals surface area (Å²) in [7, 11) is 0. The molecule has 0 N–H and O–H groups in total. The van der Waals surface area contributed by atoms with E-state index in [2.05, 4.69) is 156 Å². The zero-order valence-electron chi connectivity index (χ0n) is 24.5. The summed E-state index contributed by atoms with van der Waals surface area (Å²) in [5.74, 6) is 0. The van der Waals surface area contributed by atoms with Gasteiger partial charge in [0.15, 0.2) is 0 Å². The van der Waals surface area contributed by atoms with Crippen molar-refractivity contribution in [2.75, 3.05) is 0 Å². The van der Waals surface area contributed by atoms with Gasteiger partial charge in [-0.3, -0.25) is 9.13 Å². The Morgan fingerprint density at radius 1 is 0.545 bits per heavy atom. The molecule has 1 aliphatic carbocycles. The number of benzene rings is 6. The van der Waals surface area contributed by atoms with Crippen LogP contribution >= 0.6 is 11.8 Å². The van der Waals surface area contributed by atoms with Crippen molar-refractivity contribution in [1.29, 1.82) is 0 Å². The maximum absolute atomic E-state index is 2.54. The van der Waals surface area contributed by atoms with Crippen molar-refractivity contribution in [3.05, 3.63) is 145 Å². The monoisotopic (exact) mass is 580 g/mol. The SMILES string of the molecule is CC1(C)c2ccccc2-c2ccc(-n3c4cccc(-c5ccccc5)c4c4c5cccc6c5n(c43)-c3ccccc3S6)cc21. The molecule has 0 radical (unpaired) electrons. The molecule has 1 aliphatic heterocycles. The standard InChI is InChI=1S/C41H28N2S/c1-41(2)31-17-7-6-14-28(31)29-23-22-26(24-32(29)41)42-34-19-10-15-27(25-12-4-3-5-13-25)37(34)38-30-16-11-21-36-39(30)43(40(38)42)33-18-8-9-20-35(33)44-36/h3-24H,1-2H3. The van der Waals surface area contributed by atoms with Crippen LogP contribution in [0.1, 0.15) is 25.0 Å². The summed E-state index contributed by atoms with van der Waals surface area (Å²) in [5, 5.41) is 3.93. The van der Waals surface area contributed by atoms with E-state index in [1.165, 1.54) is 87.4 Å². The Kier molecular flexibility index (Phi) is 4.75. The second-order valence-electron chi connectivity index (χ2n) is 12.6. The molecule has 8 aromatic rings. The third kappa shape index (κ3) is 3.02. The topological polar surface area (TPSA) is 9.86 Å². The van der Waals surface area contributed by atoms with Crippen LogP contribution in [0, 0.1) is 0 Å². The van der Waals surface area contributed by atoms with Crippen LogP contribution in [0.25, 0.3) is 66.5 Å². The van der Waals surface area contributed by atoms with Crippen LogP contribution in [0.2, 0.25) is 0 Å². The molecule has 2 nitrogen and oxygen atoms in total. The molecule has 208 valence electrons. The number of hydrogen-bond acceptors (Lipinski definition) is 1. The Balaban J connectivity index is 1.40. The lowest BCUT2D eigenvalue weighted by Gasteiger charge is -2.23. The Hall–Kier alpha value is -4.99. The van der Waals surface area contributed by atoms with Gasteiger partial charge in [0, 0.05) is 37.1 Å². The molecule has 0 atom stereocenters. The lowest BCUT2D eigenvalue weighted by atomic mass is 9.82. The number of hydrogen-bond donors (Lipinski definition) is 0. The quantitative estimate of drug-likeness (QED) is 0.198. The molecule has 6 aromatic carbocycles. The van der Waals surface area contributed by atoms with Gasteiger partial charge in [0.1, 0.15) is 5.65 Å². The Morgan fingerprint density at radius 2 is 1.27 bits per heavy atom. The van der Waals surface area contributed by atoms with Crippen molar-refractivity contribution in [3.63, 3.8) is 0 Å². The van der Waals surface area contributed by atoms with Gasteiger partial charge in [-0.15, -0.1) is 0 Å². The van der Waals surface area contributed by atoms with Gasteiger partial charge in [-0.25, -0.2) is 0 Å². The number of nitrogens with zero attached hydrogens (tertiary/aromatic N) is 2. The Morgan fingerprint density at radius 3 is 2.18 bits per heavy atom. The molecule has 0 unspecified atom stereocenters. The predicted molar refractivity (Wildman–Crippen MR) is 185 cm³/mol. The fourth-order valence-electron chi connectivity index (χ4n) is 7.97. The molecule has 0 fully saturated rings. The van der Waals surface area contributed by atoms with Gasteiger partial charge in [0.05, 0.1) is 16.7 Å². The first-order valence-electron chi connectivity index (χ1n) is 15.3. The molecular formula is C41H28N2S. The minimum absolute atomic E-state index is 0.0756. The minimum atomic E-state index is -0.0756. The van der Waals surface area contributed by atoms with E-state index in [0.717, 1.165) is 0 Å². The summed E-state index contributed by atoms with van der Waals surface area (Å²) in [5.41, 5.74) is 14.1. The van der Waals surface area contributed by atoms with Gasteiger partial charge in [-0.2, -0.15) is 0 Å². The van der Waals surface area contributed by atoms with Gasteiger partial charge in [-0.05, 0) is 69.8 Å². The highest BCUT2D eigenvalue weighted by molar-refractivity contribution is 7.99. The van der Waals surface area contributed by atoms with Crippen molar-refractivity contribution < 1.29 is 0 Å². The second-order valence-corrected chi connectivity index (χ2v) is 13.6. The van der Waals surface area contributed by atoms with E-state index >= 15 is 0 Å². The summed E-state index contributed by atoms with van der Waals surface area (Å²) in [6.07, 6.45) is 0. The molecule has 0 amide bonds. The highest BCUT2D eigenvalue weighted by Crippen LogP contribution is 2.52. The number of rotatable bonds is 2. The van der Waals surface area contributed by atoms with E-state index in [-0.39, 0.29) is 5.41 Å². The van der Waals surface area contributed by atoms with Crippen LogP contribution in [-0.2, 0) is 5.41 Å². The van der Waals surface area contributed by atoms with Crippen LogP contribution in [0.5, 0.6) is 0 Å². The third-order valence-corrected chi connectivity index (χ3v) is 11.0. The smallest absolute Gasteiger partial charge is 0.131 e. The van der Waals surface area contributed by atoms with Crippen LogP contribution in [0.4, 0.5) is 0 Å². The van der Waals surface area contributed by atoms with Crippen molar-refractivity contribution in [3.8, 4) is 33.6 Å². The Bertz CT molecular complexity index is 2490. The molecule has 3 heteroatoms. The second kappa shape index (κ2) is 8.56. The maximum atomic E-state index is 2.54. The van der Waals surface area contributed by atoms with Crippen molar-refractivity contribution in [1.82, 2.24) is 9.13 Å². The molecule has 10 rings (SSSR count). The molecule has 2 aromatic heterocycles. The molecule has 0 saturated carbocycles. The minimum Gasteiger partial charge on any atom is -0.295 e. The summed E-state index contributed by atoms with van der Waals surface area (Å²) >= 11 is 1.88. The van der Waals surface area contributed by atoms with Gasteiger partial charge in [-0.1, -0.05) is 123 Å². The van der Waals surface area contributed by atoms with E-state index in [4.69, 9.17) is 0 Å². The summed E-state index contributed by atoms with van der Waals surface area (Å²) in [4.78, 5) is 2.59. The van der Waals surface area contributed by atoms with E-state index in [1.807, 2.05) is 11.8 Å². The summed E-state index contributed by atoms with van der Waals surface area (Å²) < 4.78 is 5.07. The van der Waals surface area contributed by atoms with Crippen LogP contribution in [0.3, 0.4) is 0 Å². The molecular weight excluding hydrogens is 553 g/mol. The number of fused-ring (bicyclic) bond motifs is 10. The molecule has 0 bridgehead atoms. The predicted octanol–water partition coefficient (Wildman–Crippen LogP) is 11.2. The van der Waals surface area contributed by atoms with Crippen molar-refractivity contribution in [2.45, 2.75) is 29.1 Å². The average Bonchev–Trinajstić information content (AvgIpc) is 3.66. The average molecular weight is 581 g/mol. The first-order valence-corrected chi connectivity index (χ1v) is 16.1. The lowest BCUT2D eigenvalue weighted by Crippen LogP contribution is -2.15. The van der Waals surface area contributed by atoms with Gasteiger partial charge < -0.3 is 0 Å². The zero-order chi connectivity index (χ0) is 29.2. The van der Waals surface area contributed by atoms with E-state index < -0.39 is 0 Å². The molecule has 44 heavy (non-hydrogen) atoms. The van der Waals surface area contributed by atoms with Gasteiger partial charge in [0.2, 0.25) is 0 Å². The van der Waals surface area contributed by atoms with E-state index in [1.54, 1.807) is 0 Å². The van der Waals surface area contributed by atoms with Gasteiger partial charge in [0.25, 0.3) is 0 Å². The molecule has 2 aliphatic rings. The van der Waals surface area contributed by atoms with Crippen LogP contribution in [-0.4, -0.2) is 9.13 Å². The van der Waals surface area contributed by atoms with Crippen LogP contribution in [0.15, 0.2) is 143 Å². The van der Waals surface area contributed by atoms with Crippen LogP contribution < -0.4 is 0 Å². The maximum Gasteiger partial charge on any atom is 0.131 e. The first kappa shape index (κ1) is 24.5. The lowest BCUT2D eigenvalue weighted by molar-refractivity contribution is 0.660.